The van der Waals surface area contributed by atoms with Crippen molar-refractivity contribution in [1.82, 2.24) is 10.2 Å². The van der Waals surface area contributed by atoms with Crippen molar-refractivity contribution in [3.8, 4) is 11.5 Å². The summed E-state index contributed by atoms with van der Waals surface area (Å²) in [6.45, 7) is 13.5. The Hall–Kier alpha value is -3.79. The van der Waals surface area contributed by atoms with Gasteiger partial charge in [-0.15, -0.1) is 0 Å². The number of hydrogen-bond donors (Lipinski definition) is 1. The molecule has 42 heavy (non-hydrogen) atoms. The Balaban J connectivity index is 1.70. The van der Waals surface area contributed by atoms with Gasteiger partial charge in [-0.1, -0.05) is 20.8 Å². The second-order valence-corrected chi connectivity index (χ2v) is 11.5. The Morgan fingerprint density at radius 2 is 1.88 bits per heavy atom. The van der Waals surface area contributed by atoms with Gasteiger partial charge >= 0.3 is 5.97 Å². The molecule has 0 fully saturated rings. The van der Waals surface area contributed by atoms with Crippen molar-refractivity contribution in [2.75, 3.05) is 44.9 Å². The number of nitrogens with one attached hydrogen (secondary N) is 1. The fraction of sp³-hybridized carbons (Fsp3) is 0.484. The summed E-state index contributed by atoms with van der Waals surface area (Å²) in [5, 5.41) is 2.63. The number of amides is 1. The molecule has 0 radical (unpaired) electrons. The number of amidine groups is 1. The lowest BCUT2D eigenvalue weighted by Gasteiger charge is -2.37. The first-order valence-electron chi connectivity index (χ1n) is 14.2. The van der Waals surface area contributed by atoms with Gasteiger partial charge in [0.15, 0.2) is 11.6 Å². The Labute approximate surface area is 252 Å². The van der Waals surface area contributed by atoms with Crippen molar-refractivity contribution in [1.29, 1.82) is 0 Å². The fourth-order valence-corrected chi connectivity index (χ4v) is 5.55. The van der Waals surface area contributed by atoms with Gasteiger partial charge in [0.05, 0.1) is 37.6 Å². The van der Waals surface area contributed by atoms with E-state index in [4.69, 9.17) is 26.0 Å². The minimum Gasteiger partial charge on any atom is -0.493 e. The average Bonchev–Trinajstić information content (AvgIpc) is 3.30. The van der Waals surface area contributed by atoms with Crippen LogP contribution in [-0.2, 0) is 21.5 Å². The number of fused-ring (bicyclic) bond motifs is 2. The molecule has 2 aliphatic heterocycles. The summed E-state index contributed by atoms with van der Waals surface area (Å²) in [5.74, 6) is 0.751. The van der Waals surface area contributed by atoms with Gasteiger partial charge in [-0.05, 0) is 56.0 Å². The summed E-state index contributed by atoms with van der Waals surface area (Å²) >= 11 is 6.05. The zero-order valence-corrected chi connectivity index (χ0v) is 26.1. The summed E-state index contributed by atoms with van der Waals surface area (Å²) in [6, 6.07) is 6.62. The number of carbonyl (C=O) groups is 3. The van der Waals surface area contributed by atoms with Crippen molar-refractivity contribution in [3.63, 3.8) is 0 Å². The second kappa shape index (κ2) is 12.6. The number of hydrogen-bond acceptors (Lipinski definition) is 8. The van der Waals surface area contributed by atoms with Crippen LogP contribution in [0.3, 0.4) is 0 Å². The lowest BCUT2D eigenvalue weighted by molar-refractivity contribution is -0.144. The van der Waals surface area contributed by atoms with Crippen LogP contribution in [0, 0.1) is 0 Å². The summed E-state index contributed by atoms with van der Waals surface area (Å²) in [4.78, 5) is 42.9. The maximum Gasteiger partial charge on any atom is 0.328 e. The molecule has 1 atom stereocenters. The molecule has 2 aliphatic rings. The first-order valence-corrected chi connectivity index (χ1v) is 14.5. The molecule has 1 unspecified atom stereocenters. The monoisotopic (exact) mass is 598 g/mol. The summed E-state index contributed by atoms with van der Waals surface area (Å²) < 4.78 is 21.1. The molecule has 0 aliphatic carbocycles. The van der Waals surface area contributed by atoms with E-state index in [0.29, 0.717) is 66.0 Å². The SMILES string of the molecule is CCOC(=O)C(C)N1CCOc2c1cc(C(=O)CN1Cc3cc(OCC)c(C(=O)NC)cc3C1=NCl)cc2C(C)(C)C. The van der Waals surface area contributed by atoms with Crippen molar-refractivity contribution in [2.45, 2.75) is 59.5 Å². The number of rotatable bonds is 9. The van der Waals surface area contributed by atoms with Gasteiger partial charge in [0, 0.05) is 42.1 Å². The number of ketones is 1. The van der Waals surface area contributed by atoms with Gasteiger partial charge in [-0.2, -0.15) is 4.51 Å². The molecule has 226 valence electrons. The predicted octanol–water partition coefficient (Wildman–Crippen LogP) is 4.49. The third-order valence-corrected chi connectivity index (χ3v) is 7.64. The van der Waals surface area contributed by atoms with Crippen LogP contribution in [0.25, 0.3) is 0 Å². The van der Waals surface area contributed by atoms with Crippen LogP contribution >= 0.6 is 11.8 Å². The van der Waals surface area contributed by atoms with Gasteiger partial charge in [0.2, 0.25) is 0 Å². The van der Waals surface area contributed by atoms with E-state index in [1.165, 1.54) is 0 Å². The first kappa shape index (κ1) is 31.2. The zero-order chi connectivity index (χ0) is 30.8. The van der Waals surface area contributed by atoms with Crippen LogP contribution in [0.2, 0.25) is 0 Å². The van der Waals surface area contributed by atoms with Crippen LogP contribution in [0.5, 0.6) is 11.5 Å². The molecular formula is C31H39ClN4O6. The number of esters is 1. The summed E-state index contributed by atoms with van der Waals surface area (Å²) in [6.07, 6.45) is 0. The molecule has 2 heterocycles. The molecule has 4 rings (SSSR count). The lowest BCUT2D eigenvalue weighted by Crippen LogP contribution is -2.45. The van der Waals surface area contributed by atoms with Gasteiger partial charge in [-0.25, -0.2) is 4.79 Å². The van der Waals surface area contributed by atoms with E-state index in [-0.39, 0.29) is 36.2 Å². The number of ether oxygens (including phenoxy) is 3. The maximum atomic E-state index is 13.9. The van der Waals surface area contributed by atoms with E-state index < -0.39 is 6.04 Å². The quantitative estimate of drug-likeness (QED) is 0.332. The van der Waals surface area contributed by atoms with E-state index in [1.54, 1.807) is 44.0 Å². The van der Waals surface area contributed by atoms with E-state index in [0.717, 1.165) is 11.1 Å². The van der Waals surface area contributed by atoms with Crippen LogP contribution < -0.4 is 19.7 Å². The normalized spacial score (nSPS) is 16.0. The van der Waals surface area contributed by atoms with Crippen LogP contribution in [0.1, 0.15) is 78.9 Å². The molecule has 1 amide bonds. The van der Waals surface area contributed by atoms with Crippen LogP contribution in [0.15, 0.2) is 28.8 Å². The van der Waals surface area contributed by atoms with Crippen molar-refractivity contribution in [3.05, 3.63) is 52.1 Å². The number of anilines is 1. The third kappa shape index (κ3) is 6.04. The van der Waals surface area contributed by atoms with Crippen LogP contribution in [0.4, 0.5) is 5.69 Å². The van der Waals surface area contributed by atoms with Crippen molar-refractivity contribution in [2.24, 2.45) is 4.51 Å². The number of Topliss-reactive ketones (excluding diaryl/α,β-unsaturated/α-hetero) is 1. The highest BCUT2D eigenvalue weighted by Crippen LogP contribution is 2.43. The fourth-order valence-electron chi connectivity index (χ4n) is 5.35. The molecule has 2 aromatic rings. The Morgan fingerprint density at radius 1 is 1.14 bits per heavy atom. The third-order valence-electron chi connectivity index (χ3n) is 7.48. The number of nitrogens with zero attached hydrogens (tertiary/aromatic N) is 3. The lowest BCUT2D eigenvalue weighted by atomic mass is 9.84. The highest BCUT2D eigenvalue weighted by molar-refractivity contribution is 6.23. The first-order chi connectivity index (χ1) is 19.9. The van der Waals surface area contributed by atoms with Gasteiger partial charge in [0.1, 0.15) is 24.1 Å². The highest BCUT2D eigenvalue weighted by Gasteiger charge is 2.35. The molecule has 0 saturated carbocycles. The number of carbonyl (C=O) groups excluding carboxylic acids is 3. The highest BCUT2D eigenvalue weighted by atomic mass is 35.5. The second-order valence-electron chi connectivity index (χ2n) is 11.3. The molecule has 0 spiro atoms. The minimum absolute atomic E-state index is 0.00380. The standard InChI is InChI=1S/C31H39ClN4O6/c1-8-40-26-14-20-16-35(28(34-32)21(20)15-22(26)29(38)33-7)17-25(37)19-12-23(31(4,5)6)27-24(13-19)36(10-11-42-27)18(3)30(39)41-9-2/h12-15,18H,8-11,16-17H2,1-7H3,(H,33,38). The molecule has 0 saturated heterocycles. The Bertz CT molecular complexity index is 1420. The van der Waals surface area contributed by atoms with Gasteiger partial charge in [0.25, 0.3) is 5.91 Å². The van der Waals surface area contributed by atoms with Crippen LogP contribution in [-0.4, -0.2) is 74.4 Å². The van der Waals surface area contributed by atoms with Gasteiger partial charge in [-0.3, -0.25) is 9.59 Å². The summed E-state index contributed by atoms with van der Waals surface area (Å²) in [7, 11) is 1.55. The minimum atomic E-state index is -0.553. The van der Waals surface area contributed by atoms with Crippen molar-refractivity contribution < 1.29 is 28.6 Å². The average molecular weight is 599 g/mol. The van der Waals surface area contributed by atoms with E-state index in [9.17, 15) is 14.4 Å². The van der Waals surface area contributed by atoms with E-state index in [2.05, 4.69) is 30.6 Å². The molecular weight excluding hydrogens is 560 g/mol. The smallest absolute Gasteiger partial charge is 0.328 e. The molecule has 1 N–H and O–H groups in total. The molecule has 0 bridgehead atoms. The maximum absolute atomic E-state index is 13.9. The molecule has 0 aromatic heterocycles. The van der Waals surface area contributed by atoms with E-state index in [1.807, 2.05) is 17.9 Å². The zero-order valence-electron chi connectivity index (χ0n) is 25.3. The predicted molar refractivity (Wildman–Crippen MR) is 162 cm³/mol. The number of benzene rings is 2. The molecule has 11 heteroatoms. The Kier molecular flexibility index (Phi) is 9.35. The topological polar surface area (TPSA) is 110 Å². The molecule has 2 aromatic carbocycles. The largest absolute Gasteiger partial charge is 0.493 e. The Morgan fingerprint density at radius 3 is 2.50 bits per heavy atom. The summed E-state index contributed by atoms with van der Waals surface area (Å²) in [5.41, 5.74) is 3.59. The molecule has 10 nitrogen and oxygen atoms in total. The van der Waals surface area contributed by atoms with E-state index >= 15 is 0 Å². The van der Waals surface area contributed by atoms with Crippen molar-refractivity contribution >= 4 is 41.0 Å². The van der Waals surface area contributed by atoms with Gasteiger partial charge < -0.3 is 29.3 Å². The number of halogens is 1.